The predicted molar refractivity (Wildman–Crippen MR) is 105 cm³/mol. The van der Waals surface area contributed by atoms with Gasteiger partial charge in [-0.15, -0.1) is 0 Å². The highest BCUT2D eigenvalue weighted by Crippen LogP contribution is 2.50. The van der Waals surface area contributed by atoms with E-state index < -0.39 is 0 Å². The van der Waals surface area contributed by atoms with Gasteiger partial charge in [-0.25, -0.2) is 4.39 Å². The van der Waals surface area contributed by atoms with Crippen LogP contribution in [0.1, 0.15) is 50.8 Å². The van der Waals surface area contributed by atoms with Crippen molar-refractivity contribution in [3.05, 3.63) is 71.2 Å². The summed E-state index contributed by atoms with van der Waals surface area (Å²) in [6, 6.07) is 12.2. The molecule has 0 fully saturated rings. The largest absolute Gasteiger partial charge is 0.222 e. The SMILES string of the molecule is CCC1(C)C=Cc2ccc(F)c3c2-c2c4c(cccc4cc[n+]21)C3(C)C. The van der Waals surface area contributed by atoms with Crippen molar-refractivity contribution in [1.29, 1.82) is 0 Å². The Morgan fingerprint density at radius 2 is 1.85 bits per heavy atom. The molecule has 130 valence electrons. The van der Waals surface area contributed by atoms with Crippen molar-refractivity contribution in [2.45, 2.75) is 45.1 Å². The van der Waals surface area contributed by atoms with Gasteiger partial charge >= 0.3 is 0 Å². The van der Waals surface area contributed by atoms with Crippen LogP contribution in [0.3, 0.4) is 0 Å². The van der Waals surface area contributed by atoms with E-state index in [9.17, 15) is 0 Å². The molecular weight excluding hydrogens is 321 g/mol. The number of halogens is 1. The summed E-state index contributed by atoms with van der Waals surface area (Å²) >= 11 is 0. The molecule has 2 heterocycles. The Bertz CT molecular complexity index is 1120. The van der Waals surface area contributed by atoms with Crippen molar-refractivity contribution in [2.24, 2.45) is 0 Å². The topological polar surface area (TPSA) is 3.88 Å². The van der Waals surface area contributed by atoms with Gasteiger partial charge in [-0.2, -0.15) is 4.57 Å². The average molecular weight is 344 g/mol. The lowest BCUT2D eigenvalue weighted by molar-refractivity contribution is -0.738. The standard InChI is InChI=1S/C24H23FN/c1-5-24(4)13-11-16-9-10-18(25)21-20(16)22-19-15(12-14-26(22)24)7-6-8-17(19)23(21,2)3/h6-14H,5H2,1-4H3/q+1. The molecule has 1 aliphatic carbocycles. The molecule has 0 bridgehead atoms. The molecule has 0 saturated heterocycles. The number of rotatable bonds is 1. The van der Waals surface area contributed by atoms with Gasteiger partial charge in [0.05, 0.1) is 10.9 Å². The molecule has 2 aromatic carbocycles. The lowest BCUT2D eigenvalue weighted by Crippen LogP contribution is -2.54. The Kier molecular flexibility index (Phi) is 2.92. The van der Waals surface area contributed by atoms with E-state index in [2.05, 4.69) is 74.9 Å². The Morgan fingerprint density at radius 3 is 2.62 bits per heavy atom. The maximum atomic E-state index is 15.2. The maximum Gasteiger partial charge on any atom is 0.222 e. The van der Waals surface area contributed by atoms with Gasteiger partial charge in [0, 0.05) is 30.4 Å². The minimum atomic E-state index is -0.373. The van der Waals surface area contributed by atoms with Crippen molar-refractivity contribution in [2.75, 3.05) is 0 Å². The molecule has 1 unspecified atom stereocenters. The maximum absolute atomic E-state index is 15.2. The first-order valence-corrected chi connectivity index (χ1v) is 9.39. The summed E-state index contributed by atoms with van der Waals surface area (Å²) in [5.74, 6) is -0.111. The van der Waals surface area contributed by atoms with Crippen LogP contribution in [-0.2, 0) is 11.0 Å². The molecule has 0 radical (unpaired) electrons. The normalized spacial score (nSPS) is 21.7. The summed E-state index contributed by atoms with van der Waals surface area (Å²) in [5, 5.41) is 2.49. The number of benzene rings is 2. The summed E-state index contributed by atoms with van der Waals surface area (Å²) < 4.78 is 17.5. The van der Waals surface area contributed by atoms with Crippen LogP contribution in [0, 0.1) is 5.82 Å². The van der Waals surface area contributed by atoms with Gasteiger partial charge in [0.1, 0.15) is 5.82 Å². The smallest absolute Gasteiger partial charge is 0.207 e. The van der Waals surface area contributed by atoms with Crippen LogP contribution >= 0.6 is 0 Å². The van der Waals surface area contributed by atoms with Crippen LogP contribution < -0.4 is 4.57 Å². The lowest BCUT2D eigenvalue weighted by Gasteiger charge is -2.35. The van der Waals surface area contributed by atoms with Gasteiger partial charge in [-0.05, 0) is 28.7 Å². The molecule has 2 heteroatoms. The van der Waals surface area contributed by atoms with Crippen LogP contribution in [-0.4, -0.2) is 0 Å². The zero-order valence-electron chi connectivity index (χ0n) is 15.7. The summed E-state index contributed by atoms with van der Waals surface area (Å²) in [6.45, 7) is 8.77. The number of hydrogen-bond acceptors (Lipinski definition) is 0. The molecule has 0 N–H and O–H groups in total. The third-order valence-electron chi connectivity index (χ3n) is 6.59. The third kappa shape index (κ3) is 1.72. The fourth-order valence-electron chi connectivity index (χ4n) is 4.89. The molecular formula is C24H23FN+. The second-order valence-corrected chi connectivity index (χ2v) is 8.36. The van der Waals surface area contributed by atoms with E-state index in [1.54, 1.807) is 6.07 Å². The minimum absolute atomic E-state index is 0.111. The molecule has 3 aromatic rings. The molecule has 1 aromatic heterocycles. The van der Waals surface area contributed by atoms with Crippen molar-refractivity contribution in [3.8, 4) is 11.3 Å². The van der Waals surface area contributed by atoms with Crippen LogP contribution in [0.15, 0.2) is 48.7 Å². The first-order chi connectivity index (χ1) is 12.4. The summed E-state index contributed by atoms with van der Waals surface area (Å²) in [7, 11) is 0. The van der Waals surface area contributed by atoms with Gasteiger partial charge < -0.3 is 0 Å². The van der Waals surface area contributed by atoms with E-state index in [1.807, 2.05) is 6.07 Å². The number of pyridine rings is 1. The van der Waals surface area contributed by atoms with E-state index in [1.165, 1.54) is 16.3 Å². The van der Waals surface area contributed by atoms with E-state index in [-0.39, 0.29) is 16.8 Å². The second kappa shape index (κ2) is 4.82. The zero-order valence-corrected chi connectivity index (χ0v) is 15.7. The number of aromatic nitrogens is 1. The van der Waals surface area contributed by atoms with Crippen LogP contribution in [0.2, 0.25) is 0 Å². The second-order valence-electron chi connectivity index (χ2n) is 8.36. The van der Waals surface area contributed by atoms with Crippen molar-refractivity contribution >= 4 is 16.8 Å². The van der Waals surface area contributed by atoms with Gasteiger partial charge in [-0.1, -0.05) is 51.1 Å². The molecule has 26 heavy (non-hydrogen) atoms. The monoisotopic (exact) mass is 344 g/mol. The Balaban J connectivity index is 2.12. The summed E-state index contributed by atoms with van der Waals surface area (Å²) in [4.78, 5) is 0. The Morgan fingerprint density at radius 1 is 1.04 bits per heavy atom. The zero-order chi connectivity index (χ0) is 18.3. The molecule has 1 aliphatic heterocycles. The Hall–Kier alpha value is -2.48. The lowest BCUT2D eigenvalue weighted by atomic mass is 9.68. The van der Waals surface area contributed by atoms with E-state index >= 15 is 4.39 Å². The highest BCUT2D eigenvalue weighted by Gasteiger charge is 2.45. The molecule has 1 nitrogen and oxygen atoms in total. The van der Waals surface area contributed by atoms with Crippen LogP contribution in [0.25, 0.3) is 28.1 Å². The van der Waals surface area contributed by atoms with E-state index in [0.29, 0.717) is 0 Å². The van der Waals surface area contributed by atoms with Crippen molar-refractivity contribution in [3.63, 3.8) is 0 Å². The minimum Gasteiger partial charge on any atom is -0.207 e. The molecule has 0 amide bonds. The van der Waals surface area contributed by atoms with Crippen LogP contribution in [0.5, 0.6) is 0 Å². The highest BCUT2D eigenvalue weighted by molar-refractivity contribution is 6.02. The van der Waals surface area contributed by atoms with E-state index in [0.717, 1.165) is 28.8 Å². The first kappa shape index (κ1) is 15.7. The quantitative estimate of drug-likeness (QED) is 0.497. The third-order valence-corrected chi connectivity index (χ3v) is 6.59. The van der Waals surface area contributed by atoms with E-state index in [4.69, 9.17) is 0 Å². The summed E-state index contributed by atoms with van der Waals surface area (Å²) in [6.07, 6.45) is 7.61. The fraction of sp³-hybridized carbons (Fsp3) is 0.292. The number of hydrogen-bond donors (Lipinski definition) is 0. The van der Waals surface area contributed by atoms with Gasteiger partial charge in [0.15, 0.2) is 11.7 Å². The number of allylic oxidation sites excluding steroid dienone is 1. The van der Waals surface area contributed by atoms with Gasteiger partial charge in [-0.3, -0.25) is 0 Å². The molecule has 2 aliphatic rings. The fourth-order valence-corrected chi connectivity index (χ4v) is 4.89. The first-order valence-electron chi connectivity index (χ1n) is 9.39. The highest BCUT2D eigenvalue weighted by atomic mass is 19.1. The van der Waals surface area contributed by atoms with Gasteiger partial charge in [0.2, 0.25) is 5.69 Å². The molecule has 0 spiro atoms. The van der Waals surface area contributed by atoms with Crippen molar-refractivity contribution < 1.29 is 8.96 Å². The summed E-state index contributed by atoms with van der Waals surface area (Å²) in [5.41, 5.74) is 4.86. The molecule has 0 saturated carbocycles. The number of nitrogens with zero attached hydrogens (tertiary/aromatic N) is 1. The molecule has 1 atom stereocenters. The van der Waals surface area contributed by atoms with Crippen LogP contribution in [0.4, 0.5) is 4.39 Å². The van der Waals surface area contributed by atoms with Gasteiger partial charge in [0.25, 0.3) is 0 Å². The van der Waals surface area contributed by atoms with Crippen molar-refractivity contribution in [1.82, 2.24) is 0 Å². The molecule has 5 rings (SSSR count). The Labute approximate surface area is 153 Å². The average Bonchev–Trinajstić information content (AvgIpc) is 2.76. The predicted octanol–water partition coefficient (Wildman–Crippen LogP) is 5.72.